The van der Waals surface area contributed by atoms with Crippen molar-refractivity contribution in [3.05, 3.63) is 30.1 Å². The van der Waals surface area contributed by atoms with E-state index in [-0.39, 0.29) is 59.8 Å². The van der Waals surface area contributed by atoms with Crippen LogP contribution in [0.1, 0.15) is 33.4 Å². The van der Waals surface area contributed by atoms with Crippen molar-refractivity contribution in [2.24, 2.45) is 0 Å². The molecule has 1 aromatic heterocycles. The molecular weight excluding hydrogens is 520 g/mol. The van der Waals surface area contributed by atoms with Gasteiger partial charge in [-0.05, 0) is 45.9 Å². The summed E-state index contributed by atoms with van der Waals surface area (Å²) in [5.41, 5.74) is -0.136. The number of amides is 3. The van der Waals surface area contributed by atoms with Crippen LogP contribution in [0.5, 0.6) is 5.75 Å². The molecule has 3 amide bonds. The lowest BCUT2D eigenvalue weighted by Gasteiger charge is -2.35. The molecular formula is C23H32N6O8S. The van der Waals surface area contributed by atoms with E-state index < -0.39 is 33.9 Å². The monoisotopic (exact) mass is 552 g/mol. The third kappa shape index (κ3) is 7.27. The van der Waals surface area contributed by atoms with Gasteiger partial charge in [-0.2, -0.15) is 5.10 Å². The van der Waals surface area contributed by atoms with Gasteiger partial charge in [0.1, 0.15) is 22.4 Å². The van der Waals surface area contributed by atoms with Crippen LogP contribution in [-0.4, -0.2) is 72.7 Å². The number of ether oxygens (including phenoxy) is 2. The molecule has 0 saturated carbocycles. The summed E-state index contributed by atoms with van der Waals surface area (Å²) in [6.07, 6.45) is -1.25. The van der Waals surface area contributed by atoms with E-state index in [0.717, 1.165) is 4.31 Å². The first-order valence-corrected chi connectivity index (χ1v) is 13.2. The zero-order chi connectivity index (χ0) is 28.3. The number of aryl methyl sites for hydroxylation is 1. The van der Waals surface area contributed by atoms with Crippen LogP contribution >= 0.6 is 0 Å². The maximum atomic E-state index is 13.8. The van der Waals surface area contributed by atoms with Crippen molar-refractivity contribution in [1.82, 2.24) is 20.4 Å². The molecule has 15 heteroatoms. The summed E-state index contributed by atoms with van der Waals surface area (Å²) in [7, 11) is -4.20. The summed E-state index contributed by atoms with van der Waals surface area (Å²) < 4.78 is 41.3. The highest BCUT2D eigenvalue weighted by atomic mass is 32.2. The van der Waals surface area contributed by atoms with Crippen molar-refractivity contribution in [1.29, 1.82) is 0 Å². The van der Waals surface area contributed by atoms with Crippen LogP contribution < -0.4 is 25.0 Å². The molecule has 2 aromatic rings. The number of nitrogens with zero attached hydrogens (tertiary/aromatic N) is 3. The zero-order valence-electron chi connectivity index (χ0n) is 21.8. The minimum atomic E-state index is -4.20. The highest BCUT2D eigenvalue weighted by Crippen LogP contribution is 2.39. The normalized spacial score (nSPS) is 15.2. The first-order chi connectivity index (χ1) is 17.7. The van der Waals surface area contributed by atoms with Gasteiger partial charge in [0.05, 0.1) is 31.0 Å². The van der Waals surface area contributed by atoms with E-state index in [1.807, 2.05) is 0 Å². The number of sulfonamides is 1. The van der Waals surface area contributed by atoms with E-state index in [1.165, 1.54) is 36.0 Å². The number of anilines is 2. The van der Waals surface area contributed by atoms with Crippen molar-refractivity contribution in [2.75, 3.05) is 29.3 Å². The number of carbonyl (C=O) groups excluding carboxylic acids is 2. The number of carbonyl (C=O) groups is 3. The quantitative estimate of drug-likeness (QED) is 0.380. The predicted octanol–water partition coefficient (Wildman–Crippen LogP) is 1.90. The Morgan fingerprint density at radius 2 is 1.95 bits per heavy atom. The second-order valence-electron chi connectivity index (χ2n) is 9.60. The SMILES string of the molecule is CC(=O)NCC1CN(S(=O)(=O)c2cn(CCNC(=O)OC(C)(C)C)nc2C)c2cc(NC(=O)O)ccc2O1. The molecule has 0 fully saturated rings. The summed E-state index contributed by atoms with van der Waals surface area (Å²) in [6, 6.07) is 4.27. The van der Waals surface area contributed by atoms with E-state index in [0.29, 0.717) is 0 Å². The predicted molar refractivity (Wildman–Crippen MR) is 137 cm³/mol. The van der Waals surface area contributed by atoms with Gasteiger partial charge in [-0.3, -0.25) is 19.1 Å². The first-order valence-electron chi connectivity index (χ1n) is 11.7. The third-order valence-corrected chi connectivity index (χ3v) is 7.08. The Morgan fingerprint density at radius 1 is 1.24 bits per heavy atom. The first kappa shape index (κ1) is 28.6. The zero-order valence-corrected chi connectivity index (χ0v) is 22.6. The largest absolute Gasteiger partial charge is 0.484 e. The molecule has 208 valence electrons. The maximum absolute atomic E-state index is 13.8. The average Bonchev–Trinajstić information content (AvgIpc) is 3.16. The highest BCUT2D eigenvalue weighted by molar-refractivity contribution is 7.92. The van der Waals surface area contributed by atoms with Crippen LogP contribution in [0, 0.1) is 6.92 Å². The number of hydrogen-bond donors (Lipinski definition) is 4. The van der Waals surface area contributed by atoms with Crippen molar-refractivity contribution < 1.29 is 37.4 Å². The Kier molecular flexibility index (Phi) is 8.39. The lowest BCUT2D eigenvalue weighted by Crippen LogP contribution is -2.48. The van der Waals surface area contributed by atoms with Crippen LogP contribution in [-0.2, 0) is 26.1 Å². The van der Waals surface area contributed by atoms with Crippen LogP contribution in [0.25, 0.3) is 0 Å². The second kappa shape index (κ2) is 11.2. The fraction of sp³-hybridized carbons (Fsp3) is 0.478. The molecule has 1 unspecified atom stereocenters. The Hall–Kier alpha value is -4.01. The summed E-state index contributed by atoms with van der Waals surface area (Å²) in [5.74, 6) is -0.0929. The van der Waals surface area contributed by atoms with E-state index in [1.54, 1.807) is 27.7 Å². The van der Waals surface area contributed by atoms with Crippen molar-refractivity contribution in [3.63, 3.8) is 0 Å². The number of alkyl carbamates (subject to hydrolysis) is 1. The molecule has 0 bridgehead atoms. The molecule has 2 heterocycles. The van der Waals surface area contributed by atoms with Crippen molar-refractivity contribution in [3.8, 4) is 5.75 Å². The lowest BCUT2D eigenvalue weighted by atomic mass is 10.2. The fourth-order valence-corrected chi connectivity index (χ4v) is 5.35. The van der Waals surface area contributed by atoms with Gasteiger partial charge in [0.2, 0.25) is 5.91 Å². The number of fused-ring (bicyclic) bond motifs is 1. The summed E-state index contributed by atoms with van der Waals surface area (Å²) in [4.78, 5) is 34.3. The lowest BCUT2D eigenvalue weighted by molar-refractivity contribution is -0.119. The maximum Gasteiger partial charge on any atom is 0.409 e. The van der Waals surface area contributed by atoms with Gasteiger partial charge >= 0.3 is 12.2 Å². The van der Waals surface area contributed by atoms with Gasteiger partial charge in [-0.25, -0.2) is 18.0 Å². The molecule has 0 saturated heterocycles. The molecule has 1 aliphatic rings. The number of nitrogens with one attached hydrogen (secondary N) is 3. The van der Waals surface area contributed by atoms with Gasteiger partial charge in [-0.1, -0.05) is 0 Å². The number of hydrogen-bond acceptors (Lipinski definition) is 8. The van der Waals surface area contributed by atoms with Crippen LogP contribution in [0.4, 0.5) is 21.0 Å². The van der Waals surface area contributed by atoms with Crippen LogP contribution in [0.3, 0.4) is 0 Å². The minimum Gasteiger partial charge on any atom is -0.484 e. The molecule has 1 atom stereocenters. The number of benzene rings is 1. The van der Waals surface area contributed by atoms with Gasteiger partial charge in [-0.15, -0.1) is 0 Å². The molecule has 0 spiro atoms. The Balaban J connectivity index is 1.87. The van der Waals surface area contributed by atoms with Gasteiger partial charge < -0.3 is 25.2 Å². The molecule has 0 radical (unpaired) electrons. The molecule has 0 aliphatic carbocycles. The van der Waals surface area contributed by atoms with Gasteiger partial charge in [0, 0.05) is 25.4 Å². The number of aromatic nitrogens is 2. The smallest absolute Gasteiger partial charge is 0.409 e. The molecule has 1 aliphatic heterocycles. The van der Waals surface area contributed by atoms with Gasteiger partial charge in [0.15, 0.2) is 0 Å². The summed E-state index contributed by atoms with van der Waals surface area (Å²) in [6.45, 7) is 8.37. The van der Waals surface area contributed by atoms with E-state index in [2.05, 4.69) is 21.0 Å². The fourth-order valence-electron chi connectivity index (χ4n) is 3.68. The number of carboxylic acid groups (broad SMARTS) is 1. The Morgan fingerprint density at radius 3 is 2.58 bits per heavy atom. The standard InChI is InChI=1S/C23H32N6O8S/c1-14-20(13-28(27-14)9-8-24-22(33)37-23(3,4)5)38(34,35)29-12-17(11-25-15(2)30)36-19-7-6-16(10-18(19)29)26-21(31)32/h6-7,10,13,17,26H,8-9,11-12H2,1-5H3,(H,24,33)(H,25,30)(H,31,32). The van der Waals surface area contributed by atoms with Crippen molar-refractivity contribution in [2.45, 2.75) is 57.8 Å². The average molecular weight is 553 g/mol. The van der Waals surface area contributed by atoms with Crippen LogP contribution in [0.15, 0.2) is 29.3 Å². The molecule has 3 rings (SSSR count). The highest BCUT2D eigenvalue weighted by Gasteiger charge is 2.36. The molecule has 14 nitrogen and oxygen atoms in total. The van der Waals surface area contributed by atoms with E-state index in [9.17, 15) is 22.8 Å². The van der Waals surface area contributed by atoms with E-state index >= 15 is 0 Å². The van der Waals surface area contributed by atoms with Crippen LogP contribution in [0.2, 0.25) is 0 Å². The van der Waals surface area contributed by atoms with Crippen molar-refractivity contribution >= 4 is 39.5 Å². The Labute approximate surface area is 220 Å². The summed E-state index contributed by atoms with van der Waals surface area (Å²) >= 11 is 0. The number of rotatable bonds is 8. The molecule has 1 aromatic carbocycles. The molecule has 38 heavy (non-hydrogen) atoms. The van der Waals surface area contributed by atoms with Gasteiger partial charge in [0.25, 0.3) is 10.0 Å². The minimum absolute atomic E-state index is 0.0600. The summed E-state index contributed by atoms with van der Waals surface area (Å²) in [5, 5.41) is 20.8. The second-order valence-corrected chi connectivity index (χ2v) is 11.4. The van der Waals surface area contributed by atoms with E-state index in [4.69, 9.17) is 14.6 Å². The Bertz CT molecular complexity index is 1320. The third-order valence-electron chi connectivity index (χ3n) is 5.20. The topological polar surface area (TPSA) is 181 Å². The molecule has 4 N–H and O–H groups in total.